The van der Waals surface area contributed by atoms with Crippen molar-refractivity contribution in [3.05, 3.63) is 39.0 Å². The van der Waals surface area contributed by atoms with Crippen LogP contribution < -0.4 is 16.4 Å². The zero-order valence-electron chi connectivity index (χ0n) is 13.7. The van der Waals surface area contributed by atoms with Gasteiger partial charge in [-0.05, 0) is 44.4 Å². The van der Waals surface area contributed by atoms with Crippen LogP contribution in [0.2, 0.25) is 0 Å². The molecule has 28 heavy (non-hydrogen) atoms. The summed E-state index contributed by atoms with van der Waals surface area (Å²) in [4.78, 5) is 33.5. The highest BCUT2D eigenvalue weighted by atomic mass is 79.9. The minimum absolute atomic E-state index is 0.0101. The number of carbonyl (C=O) groups excluding carboxylic acids is 1. The maximum Gasteiger partial charge on any atom is 0.446 e. The quantitative estimate of drug-likeness (QED) is 0.348. The number of aromatic nitrogens is 4. The van der Waals surface area contributed by atoms with Crippen molar-refractivity contribution in [1.29, 1.82) is 0 Å². The number of aliphatic carboxylic acids is 1. The van der Waals surface area contributed by atoms with Crippen LogP contribution in [0.4, 0.5) is 10.2 Å². The van der Waals surface area contributed by atoms with Crippen molar-refractivity contribution in [2.45, 2.75) is 0 Å². The highest BCUT2D eigenvalue weighted by Crippen LogP contribution is 2.25. The Balaban J connectivity index is 1.83. The molecule has 3 aromatic rings. The van der Waals surface area contributed by atoms with E-state index in [0.29, 0.717) is 0 Å². The van der Waals surface area contributed by atoms with Crippen LogP contribution in [0.15, 0.2) is 36.6 Å². The van der Waals surface area contributed by atoms with Crippen molar-refractivity contribution in [2.24, 2.45) is 0 Å². The molecule has 0 aliphatic carbocycles. The van der Waals surface area contributed by atoms with Crippen LogP contribution in [-0.2, 0) is 9.59 Å². The molecular weight excluding hydrogens is 447 g/mol. The van der Waals surface area contributed by atoms with Gasteiger partial charge in [-0.25, -0.2) is 23.2 Å². The average molecular weight is 457 g/mol. The molecular formula is C14H10BrFN6O6. The minimum atomic E-state index is -1.61. The zero-order chi connectivity index (χ0) is 20.3. The monoisotopic (exact) mass is 456 g/mol. The molecule has 0 bridgehead atoms. The van der Waals surface area contributed by atoms with Gasteiger partial charge in [-0.3, -0.25) is 9.32 Å². The summed E-state index contributed by atoms with van der Waals surface area (Å²) >= 11 is 3.03. The summed E-state index contributed by atoms with van der Waals surface area (Å²) in [6.45, 7) is 0.0401. The Morgan fingerprint density at radius 2 is 2.04 bits per heavy atom. The van der Waals surface area contributed by atoms with Crippen LogP contribution in [0.5, 0.6) is 0 Å². The van der Waals surface area contributed by atoms with E-state index >= 15 is 0 Å². The van der Waals surface area contributed by atoms with E-state index in [2.05, 4.69) is 51.2 Å². The van der Waals surface area contributed by atoms with Crippen molar-refractivity contribution in [2.75, 3.05) is 18.4 Å². The Morgan fingerprint density at radius 3 is 2.75 bits per heavy atom. The van der Waals surface area contributed by atoms with Crippen LogP contribution in [0, 0.1) is 5.82 Å². The number of carbonyl (C=O) groups is 2. The Morgan fingerprint density at radius 1 is 1.25 bits per heavy atom. The lowest BCUT2D eigenvalue weighted by Gasteiger charge is -2.06. The summed E-state index contributed by atoms with van der Waals surface area (Å²) in [6, 6.07) is 3.83. The Kier molecular flexibility index (Phi) is 5.49. The molecule has 146 valence electrons. The largest absolute Gasteiger partial charge is 0.474 e. The third kappa shape index (κ3) is 3.90. The molecule has 0 aliphatic heterocycles. The first-order valence-corrected chi connectivity index (χ1v) is 8.30. The molecule has 0 atom stereocenters. The Labute approximate surface area is 162 Å². The van der Waals surface area contributed by atoms with Gasteiger partial charge in [-0.1, -0.05) is 5.16 Å². The van der Waals surface area contributed by atoms with Gasteiger partial charge in [0, 0.05) is 13.1 Å². The molecule has 12 nitrogen and oxygen atoms in total. The molecule has 0 unspecified atom stereocenters. The van der Waals surface area contributed by atoms with Crippen LogP contribution in [0.25, 0.3) is 17.2 Å². The highest BCUT2D eigenvalue weighted by Gasteiger charge is 2.23. The normalized spacial score (nSPS) is 10.6. The molecule has 3 N–H and O–H groups in total. The lowest BCUT2D eigenvalue weighted by atomic mass is 10.3. The van der Waals surface area contributed by atoms with E-state index in [-0.39, 0.29) is 40.6 Å². The van der Waals surface area contributed by atoms with E-state index in [0.717, 1.165) is 10.6 Å². The molecule has 0 saturated carbocycles. The second kappa shape index (κ2) is 7.99. The summed E-state index contributed by atoms with van der Waals surface area (Å²) in [6.07, 6.45) is 0. The van der Waals surface area contributed by atoms with Gasteiger partial charge >= 0.3 is 17.6 Å². The van der Waals surface area contributed by atoms with E-state index in [9.17, 15) is 18.8 Å². The summed E-state index contributed by atoms with van der Waals surface area (Å²) in [5.74, 6) is -4.15. The zero-order valence-corrected chi connectivity index (χ0v) is 15.3. The number of carboxylic acid groups (broad SMARTS) is 1. The molecule has 0 fully saturated rings. The van der Waals surface area contributed by atoms with E-state index < -0.39 is 23.4 Å². The van der Waals surface area contributed by atoms with Gasteiger partial charge in [0.15, 0.2) is 5.69 Å². The van der Waals surface area contributed by atoms with E-state index in [1.807, 2.05) is 0 Å². The standard InChI is InChI=1S/C14H10BrFN6O6/c15-7-5-6(1-2-8(7)16)22-11(21-27-14(22)26)9-10(20-28-19-9)17-3-4-18-12(23)13(24)25/h1-2,5H,3-4H2,(H,17,20)(H,18,23)(H,24,25). The van der Waals surface area contributed by atoms with E-state index in [1.54, 1.807) is 0 Å². The summed E-state index contributed by atoms with van der Waals surface area (Å²) in [5, 5.41) is 24.3. The van der Waals surface area contributed by atoms with Crippen LogP contribution in [0.1, 0.15) is 0 Å². The van der Waals surface area contributed by atoms with E-state index in [1.165, 1.54) is 12.1 Å². The van der Waals surface area contributed by atoms with Crippen molar-refractivity contribution in [3.8, 4) is 17.2 Å². The van der Waals surface area contributed by atoms with Gasteiger partial charge in [-0.2, -0.15) is 0 Å². The minimum Gasteiger partial charge on any atom is -0.474 e. The number of hydrogen-bond acceptors (Lipinski definition) is 9. The third-order valence-electron chi connectivity index (χ3n) is 3.36. The number of benzene rings is 1. The van der Waals surface area contributed by atoms with Gasteiger partial charge in [0.2, 0.25) is 11.6 Å². The molecule has 3 rings (SSSR count). The summed E-state index contributed by atoms with van der Waals surface area (Å²) in [7, 11) is 0. The molecule has 2 heterocycles. The first-order chi connectivity index (χ1) is 13.4. The van der Waals surface area contributed by atoms with Crippen molar-refractivity contribution < 1.29 is 28.2 Å². The molecule has 0 aliphatic rings. The maximum atomic E-state index is 13.5. The Hall–Kier alpha value is -3.55. The number of anilines is 1. The first kappa shape index (κ1) is 19.2. The Bertz CT molecular complexity index is 1090. The second-order valence-electron chi connectivity index (χ2n) is 5.16. The molecule has 0 saturated heterocycles. The molecule has 14 heteroatoms. The van der Waals surface area contributed by atoms with Gasteiger partial charge in [-0.15, -0.1) is 0 Å². The number of amides is 1. The average Bonchev–Trinajstić information content (AvgIpc) is 3.27. The number of halogens is 2. The van der Waals surface area contributed by atoms with Crippen LogP contribution in [0.3, 0.4) is 0 Å². The van der Waals surface area contributed by atoms with Gasteiger partial charge in [0.1, 0.15) is 5.82 Å². The molecule has 1 aromatic carbocycles. The van der Waals surface area contributed by atoms with Crippen molar-refractivity contribution >= 4 is 33.6 Å². The van der Waals surface area contributed by atoms with Gasteiger partial charge in [0.25, 0.3) is 0 Å². The fourth-order valence-electron chi connectivity index (χ4n) is 2.14. The van der Waals surface area contributed by atoms with Gasteiger partial charge < -0.3 is 15.7 Å². The topological polar surface area (TPSA) is 165 Å². The molecule has 0 radical (unpaired) electrons. The van der Waals surface area contributed by atoms with Crippen LogP contribution in [-0.4, -0.2) is 50.1 Å². The fourth-order valence-corrected chi connectivity index (χ4v) is 2.50. The molecule has 0 spiro atoms. The lowest BCUT2D eigenvalue weighted by molar-refractivity contribution is -0.150. The molecule has 2 aromatic heterocycles. The second-order valence-corrected chi connectivity index (χ2v) is 6.01. The van der Waals surface area contributed by atoms with Crippen molar-refractivity contribution in [1.82, 2.24) is 25.4 Å². The maximum absolute atomic E-state index is 13.5. The van der Waals surface area contributed by atoms with E-state index in [4.69, 9.17) is 5.11 Å². The number of rotatable bonds is 6. The summed E-state index contributed by atoms with van der Waals surface area (Å²) in [5.41, 5.74) is 0.257. The number of hydrogen-bond donors (Lipinski definition) is 3. The van der Waals surface area contributed by atoms with Crippen LogP contribution >= 0.6 is 15.9 Å². The number of nitrogens with zero attached hydrogens (tertiary/aromatic N) is 4. The predicted molar refractivity (Wildman–Crippen MR) is 92.2 cm³/mol. The summed E-state index contributed by atoms with van der Waals surface area (Å²) < 4.78 is 23.9. The predicted octanol–water partition coefficient (Wildman–Crippen LogP) is 0.390. The number of carboxylic acids is 1. The SMILES string of the molecule is O=C(O)C(=O)NCCNc1nonc1-c1noc(=O)n1-c1ccc(F)c(Br)c1. The number of nitrogens with one attached hydrogen (secondary N) is 2. The van der Waals surface area contributed by atoms with Gasteiger partial charge in [0.05, 0.1) is 10.2 Å². The smallest absolute Gasteiger partial charge is 0.446 e. The first-order valence-electron chi connectivity index (χ1n) is 7.50. The highest BCUT2D eigenvalue weighted by molar-refractivity contribution is 9.10. The lowest BCUT2D eigenvalue weighted by Crippen LogP contribution is -2.34. The third-order valence-corrected chi connectivity index (χ3v) is 3.97. The molecule has 1 amide bonds. The fraction of sp³-hybridized carbons (Fsp3) is 0.143. The van der Waals surface area contributed by atoms with Crippen molar-refractivity contribution in [3.63, 3.8) is 0 Å².